The number of benzene rings is 1. The van der Waals surface area contributed by atoms with Crippen molar-refractivity contribution in [3.8, 4) is 0 Å². The van der Waals surface area contributed by atoms with E-state index in [9.17, 15) is 14.4 Å². The molecule has 0 saturated carbocycles. The smallest absolute Gasteiger partial charge is 0.318 e. The summed E-state index contributed by atoms with van der Waals surface area (Å²) >= 11 is 0. The molecule has 2 atom stereocenters. The molecule has 21 heavy (non-hydrogen) atoms. The van der Waals surface area contributed by atoms with Gasteiger partial charge in [-0.2, -0.15) is 0 Å². The van der Waals surface area contributed by atoms with E-state index in [1.165, 1.54) is 0 Å². The fraction of sp³-hybridized carbons (Fsp3) is 0.400. The monoisotopic (exact) mass is 292 g/mol. The van der Waals surface area contributed by atoms with Crippen LogP contribution in [-0.4, -0.2) is 24.5 Å². The highest BCUT2D eigenvalue weighted by atomic mass is 16.5. The predicted octanol–water partition coefficient (Wildman–Crippen LogP) is 1.55. The van der Waals surface area contributed by atoms with Crippen molar-refractivity contribution >= 4 is 17.9 Å². The SMILES string of the molecule is CC[C@@H](C)[C@H](C(=O)OCC(=O)NC(N)=O)c1ccccc1. The molecule has 0 aromatic heterocycles. The lowest BCUT2D eigenvalue weighted by atomic mass is 9.86. The van der Waals surface area contributed by atoms with Crippen LogP contribution in [0.5, 0.6) is 0 Å². The van der Waals surface area contributed by atoms with Crippen LogP contribution in [0.4, 0.5) is 4.79 Å². The maximum absolute atomic E-state index is 12.2. The molecule has 1 aromatic carbocycles. The molecule has 6 nitrogen and oxygen atoms in total. The Morgan fingerprint density at radius 2 is 1.86 bits per heavy atom. The van der Waals surface area contributed by atoms with E-state index in [4.69, 9.17) is 10.5 Å². The van der Waals surface area contributed by atoms with Crippen molar-refractivity contribution < 1.29 is 19.1 Å². The van der Waals surface area contributed by atoms with Gasteiger partial charge in [-0.25, -0.2) is 4.79 Å². The molecule has 3 N–H and O–H groups in total. The molecule has 0 heterocycles. The third-order valence-corrected chi connectivity index (χ3v) is 3.23. The van der Waals surface area contributed by atoms with Gasteiger partial charge < -0.3 is 10.5 Å². The summed E-state index contributed by atoms with van der Waals surface area (Å²) in [6, 6.07) is 8.28. The van der Waals surface area contributed by atoms with Crippen molar-refractivity contribution in [1.82, 2.24) is 5.32 Å². The third-order valence-electron chi connectivity index (χ3n) is 3.23. The number of primary amides is 1. The Kier molecular flexibility index (Phi) is 6.39. The fourth-order valence-corrected chi connectivity index (χ4v) is 1.99. The topological polar surface area (TPSA) is 98.5 Å². The average molecular weight is 292 g/mol. The molecule has 0 radical (unpaired) electrons. The fourth-order valence-electron chi connectivity index (χ4n) is 1.99. The van der Waals surface area contributed by atoms with E-state index in [0.717, 1.165) is 12.0 Å². The van der Waals surface area contributed by atoms with Crippen molar-refractivity contribution in [2.24, 2.45) is 11.7 Å². The number of nitrogens with two attached hydrogens (primary N) is 1. The Balaban J connectivity index is 2.74. The summed E-state index contributed by atoms with van der Waals surface area (Å²) in [6.07, 6.45) is 0.794. The normalized spacial score (nSPS) is 13.0. The number of amides is 3. The minimum absolute atomic E-state index is 0.0686. The standard InChI is InChI=1S/C15H20N2O4/c1-3-10(2)13(11-7-5-4-6-8-11)14(19)21-9-12(18)17-15(16)20/h4-8,10,13H,3,9H2,1-2H3,(H3,16,17,18,20)/t10-,13+/m1/s1. The summed E-state index contributed by atoms with van der Waals surface area (Å²) in [5, 5.41) is 1.84. The Morgan fingerprint density at radius 3 is 2.38 bits per heavy atom. The van der Waals surface area contributed by atoms with Gasteiger partial charge in [-0.3, -0.25) is 14.9 Å². The number of carbonyl (C=O) groups excluding carboxylic acids is 3. The molecule has 0 saturated heterocycles. The molecule has 3 amide bonds. The van der Waals surface area contributed by atoms with Gasteiger partial charge >= 0.3 is 12.0 Å². The van der Waals surface area contributed by atoms with Crippen LogP contribution in [0.3, 0.4) is 0 Å². The first-order chi connectivity index (χ1) is 9.95. The summed E-state index contributed by atoms with van der Waals surface area (Å²) in [5.74, 6) is -1.61. The molecular formula is C15H20N2O4. The van der Waals surface area contributed by atoms with Gasteiger partial charge in [0.2, 0.25) is 0 Å². The van der Waals surface area contributed by atoms with Crippen molar-refractivity contribution in [2.75, 3.05) is 6.61 Å². The second-order valence-corrected chi connectivity index (χ2v) is 4.79. The van der Waals surface area contributed by atoms with E-state index in [-0.39, 0.29) is 5.92 Å². The highest BCUT2D eigenvalue weighted by Crippen LogP contribution is 2.28. The summed E-state index contributed by atoms with van der Waals surface area (Å²) in [5.41, 5.74) is 5.65. The van der Waals surface area contributed by atoms with E-state index in [1.807, 2.05) is 49.5 Å². The molecule has 0 unspecified atom stereocenters. The first-order valence-corrected chi connectivity index (χ1v) is 6.76. The first-order valence-electron chi connectivity index (χ1n) is 6.76. The summed E-state index contributed by atoms with van der Waals surface area (Å²) in [7, 11) is 0. The number of esters is 1. The number of hydrogen-bond acceptors (Lipinski definition) is 4. The van der Waals surface area contributed by atoms with E-state index < -0.39 is 30.4 Å². The van der Waals surface area contributed by atoms with Gasteiger partial charge in [0.15, 0.2) is 6.61 Å². The molecule has 0 aliphatic carbocycles. The number of nitrogens with one attached hydrogen (secondary N) is 1. The number of carbonyl (C=O) groups is 3. The van der Waals surface area contributed by atoms with Crippen LogP contribution in [0.25, 0.3) is 0 Å². The third kappa shape index (κ3) is 5.25. The van der Waals surface area contributed by atoms with Crippen LogP contribution in [0.1, 0.15) is 31.7 Å². The number of hydrogen-bond donors (Lipinski definition) is 2. The number of ether oxygens (including phenoxy) is 1. The Morgan fingerprint density at radius 1 is 1.24 bits per heavy atom. The molecule has 0 spiro atoms. The molecule has 0 aliphatic heterocycles. The van der Waals surface area contributed by atoms with E-state index in [0.29, 0.717) is 0 Å². The van der Waals surface area contributed by atoms with Gasteiger partial charge in [0.1, 0.15) is 0 Å². The number of rotatable bonds is 6. The Bertz CT molecular complexity index is 502. The van der Waals surface area contributed by atoms with Crippen molar-refractivity contribution in [3.05, 3.63) is 35.9 Å². The Hall–Kier alpha value is -2.37. The van der Waals surface area contributed by atoms with E-state index in [2.05, 4.69) is 0 Å². The van der Waals surface area contributed by atoms with Gasteiger partial charge in [0, 0.05) is 0 Å². The van der Waals surface area contributed by atoms with Crippen molar-refractivity contribution in [1.29, 1.82) is 0 Å². The van der Waals surface area contributed by atoms with Gasteiger partial charge in [-0.05, 0) is 11.5 Å². The molecule has 0 aliphatic rings. The number of urea groups is 1. The van der Waals surface area contributed by atoms with Crippen LogP contribution >= 0.6 is 0 Å². The summed E-state index contributed by atoms with van der Waals surface area (Å²) < 4.78 is 4.99. The molecule has 0 bridgehead atoms. The second-order valence-electron chi connectivity index (χ2n) is 4.79. The summed E-state index contributed by atoms with van der Waals surface area (Å²) in [6.45, 7) is 3.40. The van der Waals surface area contributed by atoms with Crippen molar-refractivity contribution in [3.63, 3.8) is 0 Å². The van der Waals surface area contributed by atoms with Crippen LogP contribution in [0.2, 0.25) is 0 Å². The zero-order valence-corrected chi connectivity index (χ0v) is 12.2. The predicted molar refractivity (Wildman–Crippen MR) is 77.3 cm³/mol. The van der Waals surface area contributed by atoms with Crippen LogP contribution in [-0.2, 0) is 14.3 Å². The highest BCUT2D eigenvalue weighted by Gasteiger charge is 2.27. The first kappa shape index (κ1) is 16.7. The molecule has 1 aromatic rings. The summed E-state index contributed by atoms with van der Waals surface area (Å²) in [4.78, 5) is 34.0. The van der Waals surface area contributed by atoms with Gasteiger partial charge in [-0.1, -0.05) is 50.6 Å². The lowest BCUT2D eigenvalue weighted by Gasteiger charge is -2.21. The zero-order chi connectivity index (χ0) is 15.8. The Labute approximate surface area is 123 Å². The zero-order valence-electron chi connectivity index (χ0n) is 12.2. The minimum Gasteiger partial charge on any atom is -0.455 e. The van der Waals surface area contributed by atoms with Crippen LogP contribution in [0, 0.1) is 5.92 Å². The molecule has 114 valence electrons. The lowest BCUT2D eigenvalue weighted by Crippen LogP contribution is -2.38. The number of imide groups is 1. The van der Waals surface area contributed by atoms with Crippen LogP contribution in [0.15, 0.2) is 30.3 Å². The quantitative estimate of drug-likeness (QED) is 0.777. The van der Waals surface area contributed by atoms with Crippen LogP contribution < -0.4 is 11.1 Å². The largest absolute Gasteiger partial charge is 0.455 e. The minimum atomic E-state index is -0.974. The maximum Gasteiger partial charge on any atom is 0.318 e. The maximum atomic E-state index is 12.2. The van der Waals surface area contributed by atoms with E-state index in [1.54, 1.807) is 0 Å². The van der Waals surface area contributed by atoms with E-state index >= 15 is 0 Å². The molecule has 6 heteroatoms. The average Bonchev–Trinajstić information content (AvgIpc) is 2.45. The second kappa shape index (κ2) is 8.04. The lowest BCUT2D eigenvalue weighted by molar-refractivity contribution is -0.151. The van der Waals surface area contributed by atoms with Crippen molar-refractivity contribution in [2.45, 2.75) is 26.2 Å². The molecule has 1 rings (SSSR count). The van der Waals surface area contributed by atoms with Gasteiger partial charge in [0.05, 0.1) is 5.92 Å². The van der Waals surface area contributed by atoms with Gasteiger partial charge in [0.25, 0.3) is 5.91 Å². The molecule has 0 fully saturated rings. The van der Waals surface area contributed by atoms with Gasteiger partial charge in [-0.15, -0.1) is 0 Å². The molecular weight excluding hydrogens is 272 g/mol. The highest BCUT2D eigenvalue weighted by molar-refractivity contribution is 5.95.